The normalized spacial score (nSPS) is 18.9. The van der Waals surface area contributed by atoms with Crippen LogP contribution in [0.4, 0.5) is 5.69 Å². The molecule has 0 saturated carbocycles. The van der Waals surface area contributed by atoms with Gasteiger partial charge in [-0.3, -0.25) is 14.3 Å². The minimum absolute atomic E-state index is 0.119. The zero-order chi connectivity index (χ0) is 25.1. The lowest BCUT2D eigenvalue weighted by molar-refractivity contribution is -0.121. The van der Waals surface area contributed by atoms with Crippen LogP contribution in [0.25, 0.3) is 10.9 Å². The summed E-state index contributed by atoms with van der Waals surface area (Å²) in [6.45, 7) is 8.40. The highest BCUT2D eigenvalue weighted by molar-refractivity contribution is 6.07. The van der Waals surface area contributed by atoms with Crippen molar-refractivity contribution in [1.82, 2.24) is 15.1 Å². The van der Waals surface area contributed by atoms with Crippen LogP contribution in [0.3, 0.4) is 0 Å². The molecule has 2 aromatic rings. The third-order valence-electron chi connectivity index (χ3n) is 6.97. The first-order chi connectivity index (χ1) is 16.9. The molecule has 9 nitrogen and oxygen atoms in total. The van der Waals surface area contributed by atoms with Crippen LogP contribution in [0.5, 0.6) is 0 Å². The Morgan fingerprint density at radius 3 is 2.71 bits per heavy atom. The summed E-state index contributed by atoms with van der Waals surface area (Å²) in [5.41, 5.74) is 4.17. The van der Waals surface area contributed by atoms with E-state index in [1.807, 2.05) is 19.3 Å². The third-order valence-corrected chi connectivity index (χ3v) is 6.97. The molecule has 3 heterocycles. The van der Waals surface area contributed by atoms with Crippen LogP contribution in [0.1, 0.15) is 49.5 Å². The molecule has 188 valence electrons. The molecule has 1 N–H and O–H groups in total. The van der Waals surface area contributed by atoms with Crippen molar-refractivity contribution >= 4 is 34.1 Å². The van der Waals surface area contributed by atoms with E-state index >= 15 is 0 Å². The third kappa shape index (κ3) is 4.82. The van der Waals surface area contributed by atoms with E-state index in [0.29, 0.717) is 29.5 Å². The highest BCUT2D eigenvalue weighted by Gasteiger charge is 2.30. The van der Waals surface area contributed by atoms with E-state index in [4.69, 9.17) is 9.47 Å². The number of carbonyl (C=O) groups is 2. The standard InChI is InChI=1S/C26H35N5O4/c1-6-18-19(25(32)27-14-21-23(34-5)12-16(3)29-26(21)33)13-22-20(15-28-30(22)4)24(18)31(7-2)17-8-10-35-11-9-17/h12-13,15,17,21H,6-11,14H2,1-5H3,(H,27,32). The van der Waals surface area contributed by atoms with E-state index < -0.39 is 5.92 Å². The smallest absolute Gasteiger partial charge is 0.258 e. The number of aliphatic imine (C=N–C) groups is 1. The fourth-order valence-electron chi connectivity index (χ4n) is 5.19. The van der Waals surface area contributed by atoms with Crippen LogP contribution < -0.4 is 10.2 Å². The molecule has 0 spiro atoms. The summed E-state index contributed by atoms with van der Waals surface area (Å²) >= 11 is 0. The zero-order valence-electron chi connectivity index (χ0n) is 21.3. The maximum Gasteiger partial charge on any atom is 0.258 e. The van der Waals surface area contributed by atoms with E-state index in [1.54, 1.807) is 17.7 Å². The number of hydrogen-bond acceptors (Lipinski definition) is 6. The van der Waals surface area contributed by atoms with Crippen LogP contribution in [-0.2, 0) is 27.7 Å². The Kier molecular flexibility index (Phi) is 7.54. The number of allylic oxidation sites excluding steroid dienone is 1. The molecule has 9 heteroatoms. The van der Waals surface area contributed by atoms with Crippen LogP contribution >= 0.6 is 0 Å². The monoisotopic (exact) mass is 481 g/mol. The van der Waals surface area contributed by atoms with Gasteiger partial charge in [0.15, 0.2) is 0 Å². The van der Waals surface area contributed by atoms with Gasteiger partial charge < -0.3 is 19.7 Å². The number of anilines is 1. The van der Waals surface area contributed by atoms with Gasteiger partial charge >= 0.3 is 0 Å². The fourth-order valence-corrected chi connectivity index (χ4v) is 5.19. The van der Waals surface area contributed by atoms with E-state index in [-0.39, 0.29) is 18.4 Å². The van der Waals surface area contributed by atoms with Crippen LogP contribution in [-0.4, -0.2) is 66.8 Å². The van der Waals surface area contributed by atoms with Crippen molar-refractivity contribution in [3.8, 4) is 0 Å². The number of amides is 2. The first-order valence-corrected chi connectivity index (χ1v) is 12.3. The molecule has 4 rings (SSSR count). The molecular formula is C26H35N5O4. The highest BCUT2D eigenvalue weighted by Crippen LogP contribution is 2.37. The van der Waals surface area contributed by atoms with Gasteiger partial charge in [0.25, 0.3) is 11.8 Å². The number of nitrogens with zero attached hydrogens (tertiary/aromatic N) is 4. The Hall–Kier alpha value is -3.20. The quantitative estimate of drug-likeness (QED) is 0.622. The summed E-state index contributed by atoms with van der Waals surface area (Å²) in [5.74, 6) is -0.647. The summed E-state index contributed by atoms with van der Waals surface area (Å²) in [7, 11) is 3.42. The lowest BCUT2D eigenvalue weighted by Gasteiger charge is -2.37. The molecule has 35 heavy (non-hydrogen) atoms. The second-order valence-corrected chi connectivity index (χ2v) is 9.04. The molecule has 1 aromatic carbocycles. The molecule has 1 atom stereocenters. The number of dihydropyridines is 1. The predicted octanol–water partition coefficient (Wildman–Crippen LogP) is 3.02. The van der Waals surface area contributed by atoms with Crippen molar-refractivity contribution in [2.24, 2.45) is 18.0 Å². The van der Waals surface area contributed by atoms with Crippen molar-refractivity contribution < 1.29 is 19.1 Å². The van der Waals surface area contributed by atoms with Gasteiger partial charge in [0, 0.05) is 56.1 Å². The number of aromatic nitrogens is 2. The summed E-state index contributed by atoms with van der Waals surface area (Å²) in [6, 6.07) is 2.26. The van der Waals surface area contributed by atoms with E-state index in [0.717, 1.165) is 54.8 Å². The number of nitrogens with one attached hydrogen (secondary N) is 1. The number of hydrogen-bond donors (Lipinski definition) is 1. The Balaban J connectivity index is 1.71. The van der Waals surface area contributed by atoms with Crippen molar-refractivity contribution in [2.75, 3.05) is 38.3 Å². The Morgan fingerprint density at radius 1 is 1.31 bits per heavy atom. The predicted molar refractivity (Wildman–Crippen MR) is 136 cm³/mol. The summed E-state index contributed by atoms with van der Waals surface area (Å²) in [6.07, 6.45) is 6.22. The van der Waals surface area contributed by atoms with Gasteiger partial charge in [-0.15, -0.1) is 0 Å². The number of fused-ring (bicyclic) bond motifs is 1. The maximum atomic E-state index is 13.6. The number of carbonyl (C=O) groups excluding carboxylic acids is 2. The summed E-state index contributed by atoms with van der Waals surface area (Å²) < 4.78 is 12.8. The van der Waals surface area contributed by atoms with Gasteiger partial charge in [0.2, 0.25) is 0 Å². The van der Waals surface area contributed by atoms with E-state index in [9.17, 15) is 9.59 Å². The van der Waals surface area contributed by atoms with Crippen molar-refractivity contribution in [3.63, 3.8) is 0 Å². The average molecular weight is 482 g/mol. The van der Waals surface area contributed by atoms with E-state index in [2.05, 4.69) is 34.2 Å². The largest absolute Gasteiger partial charge is 0.500 e. The second-order valence-electron chi connectivity index (χ2n) is 9.04. The lowest BCUT2D eigenvalue weighted by Crippen LogP contribution is -2.40. The van der Waals surface area contributed by atoms with Crippen LogP contribution in [0.15, 0.2) is 29.1 Å². The number of ether oxygens (including phenoxy) is 2. The van der Waals surface area contributed by atoms with Gasteiger partial charge in [-0.2, -0.15) is 5.10 Å². The van der Waals surface area contributed by atoms with Crippen LogP contribution in [0, 0.1) is 5.92 Å². The molecule has 1 fully saturated rings. The topological polar surface area (TPSA) is 98.1 Å². The molecule has 2 amide bonds. The van der Waals surface area contributed by atoms with Gasteiger partial charge in [0.05, 0.1) is 24.5 Å². The second kappa shape index (κ2) is 10.6. The molecule has 0 radical (unpaired) electrons. The number of methoxy groups -OCH3 is 1. The van der Waals surface area contributed by atoms with Crippen molar-refractivity contribution in [3.05, 3.63) is 35.2 Å². The molecule has 0 aliphatic carbocycles. The minimum Gasteiger partial charge on any atom is -0.500 e. The Morgan fingerprint density at radius 2 is 2.06 bits per heavy atom. The first kappa shape index (κ1) is 24.9. The Bertz CT molecular complexity index is 1180. The SMILES string of the molecule is CCc1c(C(=O)NCC2C(=O)N=C(C)C=C2OC)cc2c(cnn2C)c1N(CC)C1CCOCC1. The number of rotatable bonds is 8. The van der Waals surface area contributed by atoms with Gasteiger partial charge in [-0.05, 0) is 50.8 Å². The molecule has 0 bridgehead atoms. The minimum atomic E-state index is -0.632. The van der Waals surface area contributed by atoms with Crippen molar-refractivity contribution in [1.29, 1.82) is 0 Å². The molecule has 1 unspecified atom stereocenters. The van der Waals surface area contributed by atoms with Gasteiger partial charge in [0.1, 0.15) is 11.7 Å². The van der Waals surface area contributed by atoms with Gasteiger partial charge in [-0.25, -0.2) is 4.99 Å². The molecule has 1 saturated heterocycles. The fraction of sp³-hybridized carbons (Fsp3) is 0.538. The average Bonchev–Trinajstić information content (AvgIpc) is 3.23. The molecule has 2 aliphatic heterocycles. The lowest BCUT2D eigenvalue weighted by atomic mass is 9.95. The molecular weight excluding hydrogens is 446 g/mol. The molecule has 1 aromatic heterocycles. The van der Waals surface area contributed by atoms with Crippen molar-refractivity contribution in [2.45, 2.75) is 46.1 Å². The molecule has 2 aliphatic rings. The first-order valence-electron chi connectivity index (χ1n) is 12.3. The maximum absolute atomic E-state index is 13.6. The summed E-state index contributed by atoms with van der Waals surface area (Å²) in [5, 5.41) is 8.52. The Labute approximate surface area is 206 Å². The number of benzene rings is 1. The zero-order valence-corrected chi connectivity index (χ0v) is 21.3. The van der Waals surface area contributed by atoms with Crippen LogP contribution in [0.2, 0.25) is 0 Å². The highest BCUT2D eigenvalue weighted by atomic mass is 16.5. The van der Waals surface area contributed by atoms with E-state index in [1.165, 1.54) is 7.11 Å². The summed E-state index contributed by atoms with van der Waals surface area (Å²) in [4.78, 5) is 32.5. The number of aryl methyl sites for hydroxylation is 1. The van der Waals surface area contributed by atoms with Gasteiger partial charge in [-0.1, -0.05) is 6.92 Å².